The predicted octanol–water partition coefficient (Wildman–Crippen LogP) is 2.46. The quantitative estimate of drug-likeness (QED) is 0.358. The Labute approximate surface area is 239 Å². The first-order valence-electron chi connectivity index (χ1n) is 12.8. The number of esters is 2. The Morgan fingerprint density at radius 2 is 1.85 bits per heavy atom. The largest absolute Gasteiger partial charge is 0.504 e. The van der Waals surface area contributed by atoms with E-state index in [-0.39, 0.29) is 30.3 Å². The Bertz CT molecular complexity index is 1690. The van der Waals surface area contributed by atoms with Crippen LogP contribution in [0.3, 0.4) is 0 Å². The number of methoxy groups -OCH3 is 2. The normalized spacial score (nSPS) is 14.7. The molecule has 0 saturated heterocycles. The van der Waals surface area contributed by atoms with Crippen LogP contribution in [0.4, 0.5) is 0 Å². The number of rotatable bonds is 10. The Balaban J connectivity index is 1.92. The van der Waals surface area contributed by atoms with Gasteiger partial charge in [-0.1, -0.05) is 29.5 Å². The molecule has 2 heterocycles. The van der Waals surface area contributed by atoms with Gasteiger partial charge in [0.2, 0.25) is 0 Å². The van der Waals surface area contributed by atoms with Crippen LogP contribution < -0.4 is 29.1 Å². The summed E-state index contributed by atoms with van der Waals surface area (Å²) in [6.07, 6.45) is 1.55. The third-order valence-electron chi connectivity index (χ3n) is 6.21. The monoisotopic (exact) mass is 582 g/mol. The Kier molecular flexibility index (Phi) is 9.13. The summed E-state index contributed by atoms with van der Waals surface area (Å²) in [6, 6.07) is 9.01. The fourth-order valence-corrected chi connectivity index (χ4v) is 5.38. The summed E-state index contributed by atoms with van der Waals surface area (Å²) in [7, 11) is 2.70. The van der Waals surface area contributed by atoms with Crippen LogP contribution in [0.25, 0.3) is 6.08 Å². The number of ether oxygens (including phenoxy) is 5. The van der Waals surface area contributed by atoms with Crippen molar-refractivity contribution in [2.45, 2.75) is 26.8 Å². The van der Waals surface area contributed by atoms with Gasteiger partial charge in [0.1, 0.15) is 0 Å². The minimum atomic E-state index is -0.903. The second-order valence-electron chi connectivity index (χ2n) is 8.70. The van der Waals surface area contributed by atoms with Gasteiger partial charge in [-0.15, -0.1) is 0 Å². The van der Waals surface area contributed by atoms with Crippen LogP contribution in [0.15, 0.2) is 57.5 Å². The van der Waals surface area contributed by atoms with Gasteiger partial charge in [-0.25, -0.2) is 14.6 Å². The number of allylic oxidation sites excluding steroid dienone is 1. The number of phenolic OH excluding ortho intramolecular Hbond substituents is 1. The van der Waals surface area contributed by atoms with Gasteiger partial charge in [0.25, 0.3) is 5.56 Å². The smallest absolute Gasteiger partial charge is 0.343 e. The van der Waals surface area contributed by atoms with Crippen molar-refractivity contribution in [2.75, 3.05) is 34.0 Å². The van der Waals surface area contributed by atoms with Gasteiger partial charge >= 0.3 is 11.9 Å². The SMILES string of the molecule is CCOC(=O)C1=C(C)N=c2s/c(=C/c3cccc(OC)c3O)c(=O)n2[C@@H]1c1ccc(OCC(=O)OC)c(OCC)c1. The van der Waals surface area contributed by atoms with E-state index in [4.69, 9.17) is 18.9 Å². The molecule has 41 heavy (non-hydrogen) atoms. The van der Waals surface area contributed by atoms with Crippen LogP contribution in [0.5, 0.6) is 23.0 Å². The van der Waals surface area contributed by atoms with Crippen molar-refractivity contribution in [3.63, 3.8) is 0 Å². The minimum absolute atomic E-state index is 0.107. The number of hydrogen-bond donors (Lipinski definition) is 1. The van der Waals surface area contributed by atoms with E-state index in [9.17, 15) is 19.5 Å². The van der Waals surface area contributed by atoms with Crippen LogP contribution >= 0.6 is 11.3 Å². The highest BCUT2D eigenvalue weighted by molar-refractivity contribution is 7.07. The number of aromatic nitrogens is 1. The molecule has 4 rings (SSSR count). The average Bonchev–Trinajstić information content (AvgIpc) is 3.26. The highest BCUT2D eigenvalue weighted by Gasteiger charge is 2.34. The fourth-order valence-electron chi connectivity index (χ4n) is 4.35. The van der Waals surface area contributed by atoms with Crippen LogP contribution in [-0.4, -0.2) is 55.7 Å². The molecule has 0 unspecified atom stereocenters. The van der Waals surface area contributed by atoms with E-state index < -0.39 is 23.5 Å². The van der Waals surface area contributed by atoms with E-state index >= 15 is 0 Å². The predicted molar refractivity (Wildman–Crippen MR) is 150 cm³/mol. The van der Waals surface area contributed by atoms with Crippen molar-refractivity contribution in [3.8, 4) is 23.0 Å². The molecule has 1 N–H and O–H groups in total. The number of hydrogen-bond acceptors (Lipinski definition) is 11. The number of aromatic hydroxyl groups is 1. The summed E-state index contributed by atoms with van der Waals surface area (Å²) in [5.41, 5.74) is 1.10. The molecule has 0 aliphatic carbocycles. The zero-order chi connectivity index (χ0) is 29.7. The lowest BCUT2D eigenvalue weighted by molar-refractivity contribution is -0.143. The van der Waals surface area contributed by atoms with Gasteiger partial charge in [0, 0.05) is 5.56 Å². The zero-order valence-electron chi connectivity index (χ0n) is 23.3. The lowest BCUT2D eigenvalue weighted by atomic mass is 9.95. The van der Waals surface area contributed by atoms with Crippen LogP contribution in [0, 0.1) is 0 Å². The molecule has 1 aromatic heterocycles. The summed E-state index contributed by atoms with van der Waals surface area (Å²) in [4.78, 5) is 43.6. The molecule has 0 fully saturated rings. The summed E-state index contributed by atoms with van der Waals surface area (Å²) < 4.78 is 28.3. The van der Waals surface area contributed by atoms with E-state index in [0.717, 1.165) is 11.3 Å². The number of carbonyl (C=O) groups excluding carboxylic acids is 2. The fraction of sp³-hybridized carbons (Fsp3) is 0.310. The molecular weight excluding hydrogens is 552 g/mol. The van der Waals surface area contributed by atoms with Crippen LogP contribution in [0.1, 0.15) is 37.9 Å². The molecule has 0 amide bonds. The standard InChI is InChI=1S/C29H30N2O9S/c1-6-38-21-13-17(11-12-19(21)40-15-23(32)37-5)25-24(28(35)39-7-2)16(3)30-29-31(25)27(34)22(41-29)14-18-9-8-10-20(36-4)26(18)33/h8-14,25,33H,6-7,15H2,1-5H3/b22-14+/t25-/m1/s1. The minimum Gasteiger partial charge on any atom is -0.504 e. The molecule has 0 saturated carbocycles. The molecule has 216 valence electrons. The summed E-state index contributed by atoms with van der Waals surface area (Å²) in [6.45, 7) is 5.27. The lowest BCUT2D eigenvalue weighted by Crippen LogP contribution is -2.40. The van der Waals surface area contributed by atoms with Crippen LogP contribution in [0.2, 0.25) is 0 Å². The van der Waals surface area contributed by atoms with E-state index in [2.05, 4.69) is 9.73 Å². The maximum Gasteiger partial charge on any atom is 0.343 e. The number of carbonyl (C=O) groups is 2. The van der Waals surface area contributed by atoms with Gasteiger partial charge < -0.3 is 28.8 Å². The van der Waals surface area contributed by atoms with Gasteiger partial charge in [-0.3, -0.25) is 9.36 Å². The molecule has 11 nitrogen and oxygen atoms in total. The molecule has 2 aromatic carbocycles. The Hall–Kier alpha value is -4.58. The topological polar surface area (TPSA) is 135 Å². The number of phenols is 1. The third-order valence-corrected chi connectivity index (χ3v) is 7.19. The van der Waals surface area contributed by atoms with E-state index in [1.807, 2.05) is 0 Å². The van der Waals surface area contributed by atoms with Crippen molar-refractivity contribution < 1.29 is 38.4 Å². The molecule has 3 aromatic rings. The molecule has 0 bridgehead atoms. The highest BCUT2D eigenvalue weighted by atomic mass is 32.1. The van der Waals surface area contributed by atoms with E-state index in [0.29, 0.717) is 44.3 Å². The molecule has 1 atom stereocenters. The molecule has 0 radical (unpaired) electrons. The number of para-hydroxylation sites is 1. The summed E-state index contributed by atoms with van der Waals surface area (Å²) in [5, 5.41) is 10.6. The first-order chi connectivity index (χ1) is 19.7. The molecule has 1 aliphatic heterocycles. The van der Waals surface area contributed by atoms with Gasteiger partial charge in [0.05, 0.1) is 49.3 Å². The first-order valence-corrected chi connectivity index (χ1v) is 13.6. The second kappa shape index (κ2) is 12.7. The summed E-state index contributed by atoms with van der Waals surface area (Å²) in [5.74, 6) is -0.403. The highest BCUT2D eigenvalue weighted by Crippen LogP contribution is 2.36. The average molecular weight is 583 g/mol. The molecule has 1 aliphatic rings. The van der Waals surface area contributed by atoms with E-state index in [1.165, 1.54) is 18.8 Å². The van der Waals surface area contributed by atoms with Crippen molar-refractivity contribution in [2.24, 2.45) is 4.99 Å². The van der Waals surface area contributed by atoms with Gasteiger partial charge in [-0.05, 0) is 50.6 Å². The summed E-state index contributed by atoms with van der Waals surface area (Å²) >= 11 is 1.12. The lowest BCUT2D eigenvalue weighted by Gasteiger charge is -2.25. The number of fused-ring (bicyclic) bond motifs is 1. The number of benzene rings is 2. The Morgan fingerprint density at radius 3 is 2.54 bits per heavy atom. The first kappa shape index (κ1) is 29.4. The zero-order valence-corrected chi connectivity index (χ0v) is 24.1. The van der Waals surface area contributed by atoms with Crippen molar-refractivity contribution in [3.05, 3.63) is 78.5 Å². The van der Waals surface area contributed by atoms with Crippen LogP contribution in [-0.2, 0) is 19.1 Å². The molecular formula is C29H30N2O9S. The molecule has 12 heteroatoms. The van der Waals surface area contributed by atoms with Crippen molar-refractivity contribution in [1.82, 2.24) is 4.57 Å². The third kappa shape index (κ3) is 5.97. The van der Waals surface area contributed by atoms with Crippen molar-refractivity contribution >= 4 is 29.4 Å². The van der Waals surface area contributed by atoms with Gasteiger partial charge in [0.15, 0.2) is 34.4 Å². The van der Waals surface area contributed by atoms with Gasteiger partial charge in [-0.2, -0.15) is 0 Å². The Morgan fingerprint density at radius 1 is 1.07 bits per heavy atom. The molecule has 0 spiro atoms. The maximum absolute atomic E-state index is 13.9. The second-order valence-corrected chi connectivity index (χ2v) is 9.71. The maximum atomic E-state index is 13.9. The van der Waals surface area contributed by atoms with E-state index in [1.54, 1.807) is 63.2 Å². The number of thiazole rings is 1. The van der Waals surface area contributed by atoms with Crippen molar-refractivity contribution in [1.29, 1.82) is 0 Å². The number of nitrogens with zero attached hydrogens (tertiary/aromatic N) is 2.